The largest absolute Gasteiger partial charge is 0.489 e. The molecule has 2 aromatic carbocycles. The van der Waals surface area contributed by atoms with E-state index in [9.17, 15) is 13.2 Å². The summed E-state index contributed by atoms with van der Waals surface area (Å²) in [6, 6.07) is 8.54. The van der Waals surface area contributed by atoms with Crippen molar-refractivity contribution in [3.8, 4) is 11.5 Å². The highest BCUT2D eigenvalue weighted by atomic mass is 35.5. The maximum absolute atomic E-state index is 13.4. The Labute approximate surface area is 209 Å². The van der Waals surface area contributed by atoms with Crippen LogP contribution in [0.25, 0.3) is 0 Å². The van der Waals surface area contributed by atoms with Crippen LogP contribution in [0.3, 0.4) is 0 Å². The first-order chi connectivity index (χ1) is 15.3. The highest BCUT2D eigenvalue weighted by Gasteiger charge is 2.38. The molecule has 0 saturated carbocycles. The molecule has 33 heavy (non-hydrogen) atoms. The molecule has 0 heterocycles. The van der Waals surface area contributed by atoms with E-state index in [4.69, 9.17) is 60.7 Å². The second kappa shape index (κ2) is 11.6. The van der Waals surface area contributed by atoms with E-state index >= 15 is 0 Å². The fourth-order valence-corrected chi connectivity index (χ4v) is 3.03. The molecule has 0 spiro atoms. The van der Waals surface area contributed by atoms with Gasteiger partial charge in [0, 0.05) is 17.7 Å². The van der Waals surface area contributed by atoms with Crippen LogP contribution in [0.4, 0.5) is 13.2 Å². The Morgan fingerprint density at radius 2 is 1.55 bits per heavy atom. The summed E-state index contributed by atoms with van der Waals surface area (Å²) >= 11 is 23.5. The van der Waals surface area contributed by atoms with Crippen molar-refractivity contribution < 1.29 is 27.5 Å². The second-order valence-corrected chi connectivity index (χ2v) is 9.47. The molecule has 0 aliphatic heterocycles. The highest BCUT2D eigenvalue weighted by molar-refractivity contribution is 6.55. The van der Waals surface area contributed by atoms with Crippen molar-refractivity contribution in [1.29, 1.82) is 0 Å². The van der Waals surface area contributed by atoms with Crippen molar-refractivity contribution in [2.75, 3.05) is 6.61 Å². The maximum Gasteiger partial charge on any atom is 0.437 e. The average Bonchev–Trinajstić information content (AvgIpc) is 2.66. The lowest BCUT2D eigenvalue weighted by atomic mass is 10.1. The molecule has 0 atom stereocenters. The number of rotatable bonds is 8. The lowest BCUT2D eigenvalue weighted by Gasteiger charge is -2.18. The fraction of sp³-hybridized carbons (Fsp3) is 0.318. The zero-order chi connectivity index (χ0) is 24.8. The van der Waals surface area contributed by atoms with Gasteiger partial charge in [0.05, 0.1) is 10.0 Å². The summed E-state index contributed by atoms with van der Waals surface area (Å²) in [6.07, 6.45) is -3.23. The monoisotopic (exact) mass is 543 g/mol. The van der Waals surface area contributed by atoms with Gasteiger partial charge < -0.3 is 14.3 Å². The molecule has 0 fully saturated rings. The third-order valence-corrected chi connectivity index (χ3v) is 4.62. The first-order valence-corrected chi connectivity index (χ1v) is 11.0. The van der Waals surface area contributed by atoms with E-state index in [1.165, 1.54) is 42.5 Å². The van der Waals surface area contributed by atoms with Crippen molar-refractivity contribution in [2.45, 2.75) is 39.2 Å². The first-order valence-electron chi connectivity index (χ1n) is 9.45. The first kappa shape index (κ1) is 27.4. The van der Waals surface area contributed by atoms with E-state index < -0.39 is 17.5 Å². The quantitative estimate of drug-likeness (QED) is 0.247. The molecule has 0 N–H and O–H groups in total. The van der Waals surface area contributed by atoms with Crippen LogP contribution in [0.15, 0.2) is 52.1 Å². The Morgan fingerprint density at radius 3 is 2.03 bits per heavy atom. The van der Waals surface area contributed by atoms with Crippen LogP contribution in [0.1, 0.15) is 31.9 Å². The van der Waals surface area contributed by atoms with Crippen LogP contribution in [0.2, 0.25) is 10.0 Å². The third-order valence-electron chi connectivity index (χ3n) is 3.75. The minimum absolute atomic E-state index is 0.0154. The number of hydrogen-bond donors (Lipinski definition) is 0. The van der Waals surface area contributed by atoms with Crippen LogP contribution < -0.4 is 9.47 Å². The summed E-state index contributed by atoms with van der Waals surface area (Å²) in [5.74, 6) is 0.584. The number of benzene rings is 2. The molecule has 0 bridgehead atoms. The van der Waals surface area contributed by atoms with Gasteiger partial charge in [-0.3, -0.25) is 0 Å². The lowest BCUT2D eigenvalue weighted by Crippen LogP contribution is -2.26. The van der Waals surface area contributed by atoms with Crippen LogP contribution in [0.5, 0.6) is 11.5 Å². The molecule has 2 aromatic rings. The van der Waals surface area contributed by atoms with Gasteiger partial charge in [0.15, 0.2) is 11.5 Å². The zero-order valence-corrected chi connectivity index (χ0v) is 20.8. The molecule has 0 unspecified atom stereocenters. The Balaban J connectivity index is 2.11. The summed E-state index contributed by atoms with van der Waals surface area (Å²) < 4.78 is 51.3. The number of oxime groups is 1. The predicted octanol–water partition coefficient (Wildman–Crippen LogP) is 8.35. The van der Waals surface area contributed by atoms with E-state index in [1.54, 1.807) is 20.8 Å². The van der Waals surface area contributed by atoms with Gasteiger partial charge in [-0.1, -0.05) is 75.8 Å². The van der Waals surface area contributed by atoms with Gasteiger partial charge in [-0.2, -0.15) is 13.2 Å². The van der Waals surface area contributed by atoms with E-state index in [-0.39, 0.29) is 39.1 Å². The molecule has 0 radical (unpaired) electrons. The van der Waals surface area contributed by atoms with E-state index in [2.05, 4.69) is 5.16 Å². The number of halogens is 7. The highest BCUT2D eigenvalue weighted by Crippen LogP contribution is 2.37. The molecule has 0 aliphatic rings. The summed E-state index contributed by atoms with van der Waals surface area (Å²) in [7, 11) is 0. The van der Waals surface area contributed by atoms with Crippen molar-refractivity contribution in [3.63, 3.8) is 0 Å². The normalized spacial score (nSPS) is 12.4. The van der Waals surface area contributed by atoms with E-state index in [0.29, 0.717) is 11.3 Å². The molecular weight excluding hydrogens is 525 g/mol. The molecular formula is C22H20Cl4F3NO3. The van der Waals surface area contributed by atoms with Gasteiger partial charge in [-0.25, -0.2) is 0 Å². The van der Waals surface area contributed by atoms with E-state index in [1.807, 2.05) is 0 Å². The maximum atomic E-state index is 13.4. The minimum atomic E-state index is -4.68. The van der Waals surface area contributed by atoms with Gasteiger partial charge >= 0.3 is 6.18 Å². The number of ether oxygens (including phenoxy) is 2. The summed E-state index contributed by atoms with van der Waals surface area (Å²) in [5.41, 5.74) is -1.54. The Bertz CT molecular complexity index is 990. The Morgan fingerprint density at radius 1 is 0.970 bits per heavy atom. The van der Waals surface area contributed by atoms with Crippen molar-refractivity contribution in [3.05, 3.63) is 68.1 Å². The van der Waals surface area contributed by atoms with Crippen LogP contribution >= 0.6 is 46.4 Å². The van der Waals surface area contributed by atoms with Gasteiger partial charge in [-0.05, 0) is 32.4 Å². The zero-order valence-electron chi connectivity index (χ0n) is 17.8. The minimum Gasteiger partial charge on any atom is -0.489 e. The van der Waals surface area contributed by atoms with Crippen LogP contribution in [-0.2, 0) is 11.4 Å². The Hall–Kier alpha value is -1.80. The molecule has 2 rings (SSSR count). The molecule has 11 heteroatoms. The van der Waals surface area contributed by atoms with E-state index in [0.717, 1.165) is 0 Å². The van der Waals surface area contributed by atoms with Crippen molar-refractivity contribution in [2.24, 2.45) is 5.16 Å². The topological polar surface area (TPSA) is 40.0 Å². The molecule has 0 amide bonds. The lowest BCUT2D eigenvalue weighted by molar-refractivity contribution is -0.0669. The summed E-state index contributed by atoms with van der Waals surface area (Å²) in [5, 5.41) is 3.71. The van der Waals surface area contributed by atoms with Gasteiger partial charge in [-0.15, -0.1) is 0 Å². The standard InChI is InChI=1S/C22H20Cl4F3NO3/c1-21(2,3)33-30-20(22(27,28)29)14-6-4-13(5-7-14)12-32-19-16(23)10-15(11-17(19)24)31-9-8-18(25)26/h4-8,10-11H,9,12H2,1-3H3. The summed E-state index contributed by atoms with van der Waals surface area (Å²) in [6.45, 7) is 4.94. The number of nitrogens with zero attached hydrogens (tertiary/aromatic N) is 1. The molecule has 0 saturated heterocycles. The molecule has 0 aliphatic carbocycles. The SMILES string of the molecule is CC(C)(C)ON=C(c1ccc(COc2c(Cl)cc(OCC=C(Cl)Cl)cc2Cl)cc1)C(F)(F)F. The number of alkyl halides is 3. The van der Waals surface area contributed by atoms with Gasteiger partial charge in [0.1, 0.15) is 29.1 Å². The smallest absolute Gasteiger partial charge is 0.437 e. The van der Waals surface area contributed by atoms with Gasteiger partial charge in [0.25, 0.3) is 0 Å². The van der Waals surface area contributed by atoms with Crippen LogP contribution in [0, 0.1) is 0 Å². The second-order valence-electron chi connectivity index (χ2n) is 7.65. The number of hydrogen-bond acceptors (Lipinski definition) is 4. The predicted molar refractivity (Wildman–Crippen MR) is 126 cm³/mol. The third kappa shape index (κ3) is 9.16. The Kier molecular flexibility index (Phi) is 9.61. The summed E-state index contributed by atoms with van der Waals surface area (Å²) in [4.78, 5) is 4.97. The van der Waals surface area contributed by atoms with Crippen molar-refractivity contribution in [1.82, 2.24) is 0 Å². The molecule has 0 aromatic heterocycles. The van der Waals surface area contributed by atoms with Crippen molar-refractivity contribution >= 4 is 52.1 Å². The average molecular weight is 545 g/mol. The van der Waals surface area contributed by atoms with Crippen LogP contribution in [-0.4, -0.2) is 24.1 Å². The fourth-order valence-electron chi connectivity index (χ4n) is 2.32. The molecule has 4 nitrogen and oxygen atoms in total. The molecule has 180 valence electrons. The van der Waals surface area contributed by atoms with Gasteiger partial charge in [0.2, 0.25) is 0 Å².